The van der Waals surface area contributed by atoms with Gasteiger partial charge in [0.05, 0.1) is 17.6 Å². The predicted molar refractivity (Wildman–Crippen MR) is 135 cm³/mol. The third-order valence-electron chi connectivity index (χ3n) is 7.08. The number of likely N-dealkylation sites (tertiary alicyclic amines) is 1. The van der Waals surface area contributed by atoms with Gasteiger partial charge in [0.1, 0.15) is 10.8 Å². The minimum Gasteiger partial charge on any atom is -0.508 e. The summed E-state index contributed by atoms with van der Waals surface area (Å²) in [5.74, 6) is 0.221. The zero-order valence-electron chi connectivity index (χ0n) is 18.1. The number of aromatic hydroxyl groups is 1. The van der Waals surface area contributed by atoms with E-state index in [-0.39, 0.29) is 17.7 Å². The van der Waals surface area contributed by atoms with E-state index in [1.165, 1.54) is 17.6 Å². The van der Waals surface area contributed by atoms with Crippen LogP contribution in [0.2, 0.25) is 5.02 Å². The molecule has 1 amide bonds. The molecule has 3 aromatic carbocycles. The Hall–Kier alpha value is -3.09. The van der Waals surface area contributed by atoms with E-state index in [0.717, 1.165) is 62.9 Å². The molecule has 3 heterocycles. The van der Waals surface area contributed by atoms with Crippen molar-refractivity contribution in [3.63, 3.8) is 0 Å². The second-order valence-electron chi connectivity index (χ2n) is 8.77. The van der Waals surface area contributed by atoms with E-state index in [4.69, 9.17) is 16.0 Å². The summed E-state index contributed by atoms with van der Waals surface area (Å²) in [6, 6.07) is 14.1. The molecule has 2 aliphatic rings. The third-order valence-corrected chi connectivity index (χ3v) is 8.28. The zero-order chi connectivity index (χ0) is 22.9. The van der Waals surface area contributed by atoms with Crippen LogP contribution in [0.3, 0.4) is 0 Å². The fourth-order valence-electron chi connectivity index (χ4n) is 5.47. The second kappa shape index (κ2) is 7.47. The standard InChI is InChI=1S/C26H22ClN3O2S/c1-3-23(32)30-13-22-21(30)8-9-29(22)26-19-12-20(27)24(14(2)25(19)28-33-26)18-11-16(31)10-15-6-4-5-7-17(15)18/h3-7,10-12,21-22,31H,1,8-9,13H2,2H3/t21-,22-/m0/s1. The van der Waals surface area contributed by atoms with E-state index >= 15 is 0 Å². The first-order valence-corrected chi connectivity index (χ1v) is 12.1. The van der Waals surface area contributed by atoms with Gasteiger partial charge in [0, 0.05) is 29.1 Å². The summed E-state index contributed by atoms with van der Waals surface area (Å²) >= 11 is 8.40. The molecule has 0 aliphatic carbocycles. The quantitative estimate of drug-likeness (QED) is 0.383. The largest absolute Gasteiger partial charge is 0.508 e. The first kappa shape index (κ1) is 20.5. The molecular weight excluding hydrogens is 454 g/mol. The Morgan fingerprint density at radius 1 is 1.24 bits per heavy atom. The molecule has 7 heteroatoms. The van der Waals surface area contributed by atoms with E-state index in [1.54, 1.807) is 12.1 Å². The Morgan fingerprint density at radius 2 is 2.06 bits per heavy atom. The molecule has 2 aliphatic heterocycles. The normalized spacial score (nSPS) is 19.7. The van der Waals surface area contributed by atoms with Crippen LogP contribution in [0, 0.1) is 6.92 Å². The molecular formula is C26H22ClN3O2S. The van der Waals surface area contributed by atoms with Crippen molar-refractivity contribution in [3.8, 4) is 16.9 Å². The van der Waals surface area contributed by atoms with E-state index in [9.17, 15) is 9.90 Å². The smallest absolute Gasteiger partial charge is 0.246 e. The molecule has 1 N–H and O–H groups in total. The number of anilines is 1. The van der Waals surface area contributed by atoms with Crippen LogP contribution in [-0.4, -0.2) is 45.5 Å². The molecule has 5 nitrogen and oxygen atoms in total. The molecule has 1 aromatic heterocycles. The maximum absolute atomic E-state index is 12.1. The maximum Gasteiger partial charge on any atom is 0.246 e. The van der Waals surface area contributed by atoms with Gasteiger partial charge in [0.25, 0.3) is 0 Å². The topological polar surface area (TPSA) is 56.7 Å². The van der Waals surface area contributed by atoms with Crippen molar-refractivity contribution in [3.05, 3.63) is 65.7 Å². The summed E-state index contributed by atoms with van der Waals surface area (Å²) in [5.41, 5.74) is 3.74. The molecule has 2 fully saturated rings. The molecule has 33 heavy (non-hydrogen) atoms. The molecule has 2 saturated heterocycles. The highest BCUT2D eigenvalue weighted by molar-refractivity contribution is 7.12. The van der Waals surface area contributed by atoms with Crippen LogP contribution < -0.4 is 4.90 Å². The van der Waals surface area contributed by atoms with Crippen LogP contribution in [0.1, 0.15) is 12.0 Å². The van der Waals surface area contributed by atoms with E-state index in [2.05, 4.69) is 11.5 Å². The van der Waals surface area contributed by atoms with Gasteiger partial charge in [0.15, 0.2) is 0 Å². The number of carbonyl (C=O) groups is 1. The van der Waals surface area contributed by atoms with Gasteiger partial charge in [-0.3, -0.25) is 4.79 Å². The van der Waals surface area contributed by atoms with Gasteiger partial charge in [-0.15, -0.1) is 0 Å². The minimum absolute atomic E-state index is 0.00846. The third kappa shape index (κ3) is 2.97. The number of hydrogen-bond acceptors (Lipinski definition) is 5. The van der Waals surface area contributed by atoms with Crippen LogP contribution in [0.5, 0.6) is 5.75 Å². The van der Waals surface area contributed by atoms with Gasteiger partial charge in [0.2, 0.25) is 5.91 Å². The van der Waals surface area contributed by atoms with Crippen LogP contribution in [0.15, 0.2) is 55.1 Å². The summed E-state index contributed by atoms with van der Waals surface area (Å²) in [7, 11) is 0. The molecule has 0 unspecified atom stereocenters. The lowest BCUT2D eigenvalue weighted by Gasteiger charge is -2.46. The summed E-state index contributed by atoms with van der Waals surface area (Å²) in [6.07, 6.45) is 2.35. The number of benzene rings is 3. The summed E-state index contributed by atoms with van der Waals surface area (Å²) in [4.78, 5) is 16.4. The Balaban J connectivity index is 1.45. The van der Waals surface area contributed by atoms with Crippen LogP contribution in [0.25, 0.3) is 32.8 Å². The van der Waals surface area contributed by atoms with Gasteiger partial charge in [-0.05, 0) is 71.1 Å². The highest BCUT2D eigenvalue weighted by Gasteiger charge is 2.49. The summed E-state index contributed by atoms with van der Waals surface area (Å²) in [5, 5.41) is 15.2. The highest BCUT2D eigenvalue weighted by Crippen LogP contribution is 2.46. The number of aryl methyl sites for hydroxylation is 1. The lowest BCUT2D eigenvalue weighted by molar-refractivity contribution is -0.133. The van der Waals surface area contributed by atoms with Crippen LogP contribution in [-0.2, 0) is 4.79 Å². The van der Waals surface area contributed by atoms with Gasteiger partial charge >= 0.3 is 0 Å². The number of nitrogens with zero attached hydrogens (tertiary/aromatic N) is 3. The molecule has 4 aromatic rings. The van der Waals surface area contributed by atoms with Crippen molar-refractivity contribution in [1.29, 1.82) is 0 Å². The monoisotopic (exact) mass is 475 g/mol. The second-order valence-corrected chi connectivity index (χ2v) is 9.93. The van der Waals surface area contributed by atoms with Crippen molar-refractivity contribution in [2.45, 2.75) is 25.4 Å². The molecule has 0 bridgehead atoms. The van der Waals surface area contributed by atoms with E-state index in [1.807, 2.05) is 42.2 Å². The minimum atomic E-state index is 0.00846. The molecule has 0 spiro atoms. The molecule has 0 radical (unpaired) electrons. The van der Waals surface area contributed by atoms with Crippen LogP contribution in [0.4, 0.5) is 5.00 Å². The maximum atomic E-state index is 12.1. The number of halogens is 1. The van der Waals surface area contributed by atoms with Crippen molar-refractivity contribution in [1.82, 2.24) is 9.27 Å². The Bertz CT molecular complexity index is 1460. The number of rotatable bonds is 3. The lowest BCUT2D eigenvalue weighted by Crippen LogP contribution is -2.63. The average molecular weight is 476 g/mol. The van der Waals surface area contributed by atoms with Crippen molar-refractivity contribution in [2.75, 3.05) is 18.0 Å². The summed E-state index contributed by atoms with van der Waals surface area (Å²) < 4.78 is 4.83. The Kier molecular flexibility index (Phi) is 4.64. The van der Waals surface area contributed by atoms with Gasteiger partial charge < -0.3 is 14.9 Å². The van der Waals surface area contributed by atoms with Gasteiger partial charge in [-0.25, -0.2) is 0 Å². The summed E-state index contributed by atoms with van der Waals surface area (Å²) in [6.45, 7) is 7.28. The van der Waals surface area contributed by atoms with Crippen molar-refractivity contribution < 1.29 is 9.90 Å². The number of aromatic nitrogens is 1. The number of phenols is 1. The van der Waals surface area contributed by atoms with Gasteiger partial charge in [-0.2, -0.15) is 4.37 Å². The number of hydrogen-bond donors (Lipinski definition) is 1. The van der Waals surface area contributed by atoms with Crippen LogP contribution >= 0.6 is 23.1 Å². The molecule has 0 saturated carbocycles. The SMILES string of the molecule is C=CC(=O)N1C[C@H]2[C@@H]1CCN2c1snc2c(C)c(-c3cc(O)cc4ccccc34)c(Cl)cc12. The predicted octanol–water partition coefficient (Wildman–Crippen LogP) is 5.76. The fraction of sp³-hybridized carbons (Fsp3) is 0.231. The van der Waals surface area contributed by atoms with E-state index in [0.29, 0.717) is 11.1 Å². The van der Waals surface area contributed by atoms with E-state index < -0.39 is 0 Å². The molecule has 6 rings (SSSR count). The zero-order valence-corrected chi connectivity index (χ0v) is 19.7. The van der Waals surface area contributed by atoms with Crippen molar-refractivity contribution in [2.24, 2.45) is 0 Å². The molecule has 166 valence electrons. The van der Waals surface area contributed by atoms with Crippen molar-refractivity contribution >= 4 is 55.7 Å². The fourth-order valence-corrected chi connectivity index (χ4v) is 6.82. The number of phenolic OH excluding ortho intramolecular Hbond substituents is 1. The van der Waals surface area contributed by atoms with Gasteiger partial charge in [-0.1, -0.05) is 42.4 Å². The Labute approximate surface area is 200 Å². The average Bonchev–Trinajstić information content (AvgIpc) is 3.34. The first-order valence-electron chi connectivity index (χ1n) is 11.0. The number of amides is 1. The number of fused-ring (bicyclic) bond motifs is 3. The molecule has 2 atom stereocenters. The highest BCUT2D eigenvalue weighted by atomic mass is 35.5. The number of carbonyl (C=O) groups excluding carboxylic acids is 1. The lowest BCUT2D eigenvalue weighted by atomic mass is 9.93. The Morgan fingerprint density at radius 3 is 2.88 bits per heavy atom. The first-order chi connectivity index (χ1) is 16.0.